The van der Waals surface area contributed by atoms with Crippen molar-refractivity contribution in [2.75, 3.05) is 5.88 Å². The Balaban J connectivity index is 2.72. The largest absolute Gasteiger partial charge is 0.288 e. The number of hydrogen-bond donors (Lipinski definition) is 0. The van der Waals surface area contributed by atoms with E-state index >= 15 is 0 Å². The van der Waals surface area contributed by atoms with Crippen LogP contribution in [0.4, 0.5) is 0 Å². The van der Waals surface area contributed by atoms with Crippen molar-refractivity contribution in [2.45, 2.75) is 9.89 Å². The van der Waals surface area contributed by atoms with Gasteiger partial charge in [-0.2, -0.15) is 0 Å². The van der Waals surface area contributed by atoms with E-state index < -0.39 is 10.8 Å². The maximum atomic E-state index is 11.4. The van der Waals surface area contributed by atoms with E-state index in [1.54, 1.807) is 0 Å². The Morgan fingerprint density at radius 2 is 1.86 bits per heavy atom. The molecule has 0 fully saturated rings. The molecule has 0 saturated carbocycles. The second-order valence-corrected chi connectivity index (χ2v) is 9.64. The summed E-state index contributed by atoms with van der Waals surface area (Å²) in [7, 11) is 0. The van der Waals surface area contributed by atoms with Crippen molar-refractivity contribution in [3.8, 4) is 0 Å². The van der Waals surface area contributed by atoms with Crippen molar-refractivity contribution in [2.24, 2.45) is 0 Å². The molecule has 0 N–H and O–H groups in total. The Morgan fingerprint density at radius 1 is 1.29 bits per heavy atom. The smallest absolute Gasteiger partial charge is 0.267 e. The van der Waals surface area contributed by atoms with E-state index in [4.69, 9.17) is 34.1 Å². The molecule has 1 aromatic carbocycles. The molecule has 0 radical (unpaired) electrons. The summed E-state index contributed by atoms with van der Waals surface area (Å²) in [5.41, 5.74) is 0. The second kappa shape index (κ2) is 5.67. The van der Waals surface area contributed by atoms with E-state index in [0.29, 0.717) is 0 Å². The third-order valence-electron chi connectivity index (χ3n) is 1.48. The molecule has 0 amide bonds. The minimum atomic E-state index is -3.17. The van der Waals surface area contributed by atoms with Crippen molar-refractivity contribution in [1.29, 1.82) is 0 Å². The van der Waals surface area contributed by atoms with Crippen LogP contribution in [-0.2, 0) is 4.57 Å². The first kappa shape index (κ1) is 12.7. The highest BCUT2D eigenvalue weighted by Gasteiger charge is 2.28. The standard InChI is InChI=1S/C8H8Cl3OPS/c9-6-8(13(10,11)12)14-7-4-2-1-3-5-7/h1-5,8H,6H2. The molecule has 0 aliphatic carbocycles. The Kier molecular flexibility index (Phi) is 5.16. The van der Waals surface area contributed by atoms with Gasteiger partial charge in [0.1, 0.15) is 4.99 Å². The molecule has 1 unspecified atom stereocenters. The molecule has 0 aliphatic rings. The van der Waals surface area contributed by atoms with Gasteiger partial charge in [0.25, 0.3) is 5.85 Å². The molecular weight excluding hydrogens is 281 g/mol. The molecule has 1 rings (SSSR count). The lowest BCUT2D eigenvalue weighted by atomic mass is 10.4. The summed E-state index contributed by atoms with van der Waals surface area (Å²) in [6.07, 6.45) is 0. The summed E-state index contributed by atoms with van der Waals surface area (Å²) in [6, 6.07) is 9.48. The van der Waals surface area contributed by atoms with Crippen LogP contribution in [0.2, 0.25) is 0 Å². The summed E-state index contributed by atoms with van der Waals surface area (Å²) < 4.78 is 11.4. The van der Waals surface area contributed by atoms with Gasteiger partial charge in [-0.1, -0.05) is 18.2 Å². The minimum Gasteiger partial charge on any atom is -0.288 e. The predicted octanol–water partition coefficient (Wildman–Crippen LogP) is 5.01. The van der Waals surface area contributed by atoms with Gasteiger partial charge in [-0.25, -0.2) is 0 Å². The fourth-order valence-corrected chi connectivity index (χ4v) is 4.86. The predicted molar refractivity (Wildman–Crippen MR) is 66.1 cm³/mol. The molecule has 1 nitrogen and oxygen atoms in total. The molecular formula is C8H8Cl3OPS. The monoisotopic (exact) mass is 288 g/mol. The van der Waals surface area contributed by atoms with E-state index in [1.165, 1.54) is 11.8 Å². The van der Waals surface area contributed by atoms with Crippen LogP contribution in [0, 0.1) is 0 Å². The summed E-state index contributed by atoms with van der Waals surface area (Å²) in [5.74, 6) is -3.00. The highest BCUT2D eigenvalue weighted by molar-refractivity contribution is 8.20. The molecule has 6 heteroatoms. The van der Waals surface area contributed by atoms with Crippen molar-refractivity contribution in [3.05, 3.63) is 30.3 Å². The van der Waals surface area contributed by atoms with Crippen LogP contribution in [-0.4, -0.2) is 10.9 Å². The zero-order valence-electron chi connectivity index (χ0n) is 7.07. The molecule has 0 aliphatic heterocycles. The van der Waals surface area contributed by atoms with Crippen LogP contribution in [0.3, 0.4) is 0 Å². The summed E-state index contributed by atoms with van der Waals surface area (Å²) in [4.78, 5) is 0.509. The van der Waals surface area contributed by atoms with Crippen LogP contribution < -0.4 is 0 Å². The van der Waals surface area contributed by atoms with Crippen LogP contribution >= 0.6 is 51.7 Å². The van der Waals surface area contributed by atoms with E-state index in [1.807, 2.05) is 30.3 Å². The van der Waals surface area contributed by atoms with Gasteiger partial charge < -0.3 is 0 Å². The van der Waals surface area contributed by atoms with Crippen molar-refractivity contribution >= 4 is 51.7 Å². The van der Waals surface area contributed by atoms with Crippen LogP contribution in [0.5, 0.6) is 0 Å². The van der Waals surface area contributed by atoms with Gasteiger partial charge in [-0.15, -0.1) is 23.4 Å². The van der Waals surface area contributed by atoms with Crippen LogP contribution in [0.1, 0.15) is 0 Å². The van der Waals surface area contributed by atoms with Crippen molar-refractivity contribution in [3.63, 3.8) is 0 Å². The molecule has 78 valence electrons. The van der Waals surface area contributed by atoms with Gasteiger partial charge in [0.15, 0.2) is 0 Å². The third-order valence-corrected chi connectivity index (χ3v) is 7.34. The first-order valence-electron chi connectivity index (χ1n) is 3.80. The Hall–Kier alpha value is 0.670. The zero-order chi connectivity index (χ0) is 10.6. The maximum Gasteiger partial charge on any atom is 0.267 e. The highest BCUT2D eigenvalue weighted by atomic mass is 35.9. The number of hydrogen-bond acceptors (Lipinski definition) is 2. The summed E-state index contributed by atoms with van der Waals surface area (Å²) >= 11 is 18.1. The normalized spacial score (nSPS) is 13.9. The lowest BCUT2D eigenvalue weighted by Crippen LogP contribution is -1.98. The zero-order valence-corrected chi connectivity index (χ0v) is 11.0. The summed E-state index contributed by atoms with van der Waals surface area (Å²) in [6.45, 7) is 0. The SMILES string of the molecule is O=P(Cl)(Cl)C(CCl)Sc1ccccc1. The maximum absolute atomic E-state index is 11.4. The van der Waals surface area contributed by atoms with Crippen LogP contribution in [0.15, 0.2) is 35.2 Å². The average Bonchev–Trinajstić information content (AvgIpc) is 2.14. The lowest BCUT2D eigenvalue weighted by molar-refractivity contribution is 0.592. The minimum absolute atomic E-state index is 0.170. The van der Waals surface area contributed by atoms with E-state index in [2.05, 4.69) is 0 Å². The quantitative estimate of drug-likeness (QED) is 0.440. The molecule has 1 atom stereocenters. The van der Waals surface area contributed by atoms with Gasteiger partial charge in [0.2, 0.25) is 0 Å². The Labute approximate surface area is 102 Å². The fraction of sp³-hybridized carbons (Fsp3) is 0.250. The van der Waals surface area contributed by atoms with Gasteiger partial charge in [-0.05, 0) is 34.6 Å². The van der Waals surface area contributed by atoms with Gasteiger partial charge >= 0.3 is 0 Å². The second-order valence-electron chi connectivity index (χ2n) is 2.54. The number of rotatable bonds is 4. The number of alkyl halides is 1. The van der Waals surface area contributed by atoms with Gasteiger partial charge in [0, 0.05) is 10.8 Å². The first-order valence-corrected chi connectivity index (χ1v) is 8.81. The fourth-order valence-electron chi connectivity index (χ4n) is 0.829. The summed E-state index contributed by atoms with van der Waals surface area (Å²) in [5, 5.41) is 0. The van der Waals surface area contributed by atoms with E-state index in [-0.39, 0.29) is 5.88 Å². The van der Waals surface area contributed by atoms with Crippen molar-refractivity contribution < 1.29 is 4.57 Å². The molecule has 14 heavy (non-hydrogen) atoms. The molecule has 0 bridgehead atoms. The number of thioether (sulfide) groups is 1. The molecule has 0 saturated heterocycles. The Morgan fingerprint density at radius 3 is 2.29 bits per heavy atom. The Bertz CT molecular complexity index is 327. The number of benzene rings is 1. The van der Waals surface area contributed by atoms with E-state index in [0.717, 1.165) is 4.90 Å². The van der Waals surface area contributed by atoms with Gasteiger partial charge in [0.05, 0.1) is 0 Å². The van der Waals surface area contributed by atoms with Crippen molar-refractivity contribution in [1.82, 2.24) is 0 Å². The average molecular weight is 290 g/mol. The van der Waals surface area contributed by atoms with E-state index in [9.17, 15) is 4.57 Å². The number of halogens is 3. The molecule has 0 aromatic heterocycles. The lowest BCUT2D eigenvalue weighted by Gasteiger charge is -2.13. The third kappa shape index (κ3) is 4.04. The van der Waals surface area contributed by atoms with Crippen LogP contribution in [0.25, 0.3) is 0 Å². The molecule has 0 spiro atoms. The van der Waals surface area contributed by atoms with Gasteiger partial charge in [-0.3, -0.25) is 4.57 Å². The molecule has 1 aromatic rings. The first-order chi connectivity index (χ1) is 6.54. The highest BCUT2D eigenvalue weighted by Crippen LogP contribution is 2.65. The topological polar surface area (TPSA) is 17.1 Å². The molecule has 0 heterocycles.